The summed E-state index contributed by atoms with van der Waals surface area (Å²) in [4.78, 5) is 0. The summed E-state index contributed by atoms with van der Waals surface area (Å²) in [5.41, 5.74) is 1.15. The molecule has 1 atom stereocenters. The highest BCUT2D eigenvalue weighted by Crippen LogP contribution is 2.18. The Bertz CT molecular complexity index is 213. The van der Waals surface area contributed by atoms with Gasteiger partial charge in [-0.3, -0.25) is 0 Å². The van der Waals surface area contributed by atoms with Gasteiger partial charge in [-0.1, -0.05) is 0 Å². The van der Waals surface area contributed by atoms with Crippen molar-refractivity contribution in [3.05, 3.63) is 0 Å². The van der Waals surface area contributed by atoms with E-state index in [1.807, 2.05) is 0 Å². The highest BCUT2D eigenvalue weighted by atomic mass is 28.5. The SMILES string of the molecule is C[Si](C)(C)O[SiH2]O[Si](C)(C[SiH3])O[Si](C)(C)C. The second-order valence-electron chi connectivity index (χ2n) is 6.22. The summed E-state index contributed by atoms with van der Waals surface area (Å²) in [6.45, 7) is 15.5. The van der Waals surface area contributed by atoms with E-state index < -0.39 is 35.2 Å². The Morgan fingerprint density at radius 1 is 0.875 bits per heavy atom. The zero-order valence-electron chi connectivity index (χ0n) is 12.1. The molecule has 98 valence electrons. The van der Waals surface area contributed by atoms with Crippen LogP contribution in [0.15, 0.2) is 0 Å². The van der Waals surface area contributed by atoms with Crippen LogP contribution in [-0.2, 0) is 12.3 Å². The van der Waals surface area contributed by atoms with Crippen LogP contribution in [0.2, 0.25) is 51.5 Å². The van der Waals surface area contributed by atoms with Crippen LogP contribution in [0, 0.1) is 0 Å². The van der Waals surface area contributed by atoms with E-state index in [0.29, 0.717) is 0 Å². The second kappa shape index (κ2) is 6.22. The van der Waals surface area contributed by atoms with E-state index in [1.54, 1.807) is 0 Å². The smallest absolute Gasteiger partial charge is 0.311 e. The van der Waals surface area contributed by atoms with Gasteiger partial charge in [-0.25, -0.2) is 0 Å². The van der Waals surface area contributed by atoms with E-state index in [2.05, 4.69) is 45.8 Å². The molecule has 0 aromatic heterocycles. The quantitative estimate of drug-likeness (QED) is 0.659. The van der Waals surface area contributed by atoms with Gasteiger partial charge in [0.15, 0.2) is 16.6 Å². The normalized spacial score (nSPS) is 18.2. The molecular formula is C8H28O3Si5. The topological polar surface area (TPSA) is 27.7 Å². The van der Waals surface area contributed by atoms with Crippen molar-refractivity contribution in [1.29, 1.82) is 0 Å². The summed E-state index contributed by atoms with van der Waals surface area (Å²) in [5.74, 6) is 0. The largest absolute Gasteiger partial charge is 0.441 e. The van der Waals surface area contributed by atoms with Gasteiger partial charge in [0.25, 0.3) is 10.0 Å². The van der Waals surface area contributed by atoms with Crippen LogP contribution in [0.4, 0.5) is 0 Å². The van der Waals surface area contributed by atoms with Crippen molar-refractivity contribution in [1.82, 2.24) is 0 Å². The molecule has 0 heterocycles. The minimum atomic E-state index is -1.88. The zero-order valence-corrected chi connectivity index (χ0v) is 18.6. The lowest BCUT2D eigenvalue weighted by Crippen LogP contribution is -2.49. The summed E-state index contributed by atoms with van der Waals surface area (Å²) in [7, 11) is -4.43. The van der Waals surface area contributed by atoms with Gasteiger partial charge in [-0.15, -0.1) is 0 Å². The van der Waals surface area contributed by atoms with Gasteiger partial charge in [0.05, 0.1) is 0 Å². The summed E-state index contributed by atoms with van der Waals surface area (Å²) < 4.78 is 18.2. The third-order valence-electron chi connectivity index (χ3n) is 2.02. The maximum atomic E-state index is 6.25. The van der Waals surface area contributed by atoms with Crippen LogP contribution in [0.5, 0.6) is 0 Å². The van der Waals surface area contributed by atoms with E-state index in [-0.39, 0.29) is 0 Å². The first kappa shape index (κ1) is 17.0. The molecule has 1 unspecified atom stereocenters. The van der Waals surface area contributed by atoms with Crippen molar-refractivity contribution in [3.8, 4) is 0 Å². The second-order valence-corrected chi connectivity index (χ2v) is 23.1. The Balaban J connectivity index is 4.18. The lowest BCUT2D eigenvalue weighted by molar-refractivity contribution is 0.367. The highest BCUT2D eigenvalue weighted by Gasteiger charge is 2.34. The Kier molecular flexibility index (Phi) is 6.60. The molecule has 16 heavy (non-hydrogen) atoms. The fourth-order valence-corrected chi connectivity index (χ4v) is 14.8. The van der Waals surface area contributed by atoms with Crippen LogP contribution >= 0.6 is 0 Å². The molecule has 0 spiro atoms. The summed E-state index contributed by atoms with van der Waals surface area (Å²) >= 11 is 0. The fourth-order valence-electron chi connectivity index (χ4n) is 1.18. The molecule has 0 N–H and O–H groups in total. The van der Waals surface area contributed by atoms with Crippen LogP contribution < -0.4 is 0 Å². The molecule has 0 aromatic carbocycles. The average molecular weight is 313 g/mol. The Morgan fingerprint density at radius 3 is 1.69 bits per heavy atom. The van der Waals surface area contributed by atoms with Crippen molar-refractivity contribution < 1.29 is 12.3 Å². The first-order chi connectivity index (χ1) is 6.97. The van der Waals surface area contributed by atoms with Gasteiger partial charge in [0.1, 0.15) is 0 Å². The van der Waals surface area contributed by atoms with Crippen LogP contribution in [0.25, 0.3) is 0 Å². The first-order valence-corrected chi connectivity index (χ1v) is 17.9. The molecular weight excluding hydrogens is 285 g/mol. The average Bonchev–Trinajstić information content (AvgIpc) is 1.98. The fraction of sp³-hybridized carbons (Fsp3) is 1.00. The Hall–Kier alpha value is 0.964. The molecule has 0 amide bonds. The van der Waals surface area contributed by atoms with Crippen LogP contribution in [0.3, 0.4) is 0 Å². The molecule has 0 aromatic rings. The third-order valence-corrected chi connectivity index (χ3v) is 18.2. The molecule has 0 bridgehead atoms. The van der Waals surface area contributed by atoms with Crippen molar-refractivity contribution in [3.63, 3.8) is 0 Å². The maximum Gasteiger partial charge on any atom is 0.311 e. The van der Waals surface area contributed by atoms with Crippen molar-refractivity contribution in [2.75, 3.05) is 0 Å². The van der Waals surface area contributed by atoms with Crippen molar-refractivity contribution in [2.24, 2.45) is 0 Å². The molecule has 0 radical (unpaired) electrons. The standard InChI is InChI=1S/C8H28O3Si5/c1-14(2,3)9-13-10-16(7,8-12)11-15(4,5)6/h8,13H2,1-7,12H3. The predicted octanol–water partition coefficient (Wildman–Crippen LogP) is 1.10. The summed E-state index contributed by atoms with van der Waals surface area (Å²) in [6.07, 6.45) is 0. The minimum Gasteiger partial charge on any atom is -0.441 e. The number of rotatable bonds is 7. The van der Waals surface area contributed by atoms with E-state index >= 15 is 0 Å². The third kappa shape index (κ3) is 9.04. The van der Waals surface area contributed by atoms with Gasteiger partial charge in [0, 0.05) is 10.2 Å². The minimum absolute atomic E-state index is 0.834. The Morgan fingerprint density at radius 2 is 1.38 bits per heavy atom. The molecule has 0 saturated carbocycles. The van der Waals surface area contributed by atoms with Gasteiger partial charge < -0.3 is 12.3 Å². The van der Waals surface area contributed by atoms with E-state index in [0.717, 1.165) is 15.9 Å². The molecule has 3 nitrogen and oxygen atoms in total. The molecule has 0 aliphatic rings. The van der Waals surface area contributed by atoms with E-state index in [1.165, 1.54) is 0 Å². The number of hydrogen-bond acceptors (Lipinski definition) is 3. The molecule has 0 aliphatic heterocycles. The molecule has 0 fully saturated rings. The molecule has 0 saturated heterocycles. The molecule has 0 rings (SSSR count). The van der Waals surface area contributed by atoms with E-state index in [9.17, 15) is 0 Å². The lowest BCUT2D eigenvalue weighted by Gasteiger charge is -2.34. The molecule has 8 heteroatoms. The summed E-state index contributed by atoms with van der Waals surface area (Å²) in [6, 6.07) is 0. The zero-order chi connectivity index (χ0) is 13.0. The van der Waals surface area contributed by atoms with Gasteiger partial charge in [-0.2, -0.15) is 0 Å². The lowest BCUT2D eigenvalue weighted by atomic mass is 11.8. The monoisotopic (exact) mass is 312 g/mol. The van der Waals surface area contributed by atoms with Gasteiger partial charge in [0.2, 0.25) is 0 Å². The van der Waals surface area contributed by atoms with Gasteiger partial charge >= 0.3 is 8.56 Å². The van der Waals surface area contributed by atoms with Crippen molar-refractivity contribution in [2.45, 2.75) is 51.5 Å². The van der Waals surface area contributed by atoms with E-state index in [4.69, 9.17) is 12.3 Å². The summed E-state index contributed by atoms with van der Waals surface area (Å²) in [5, 5.41) is 0. The molecule has 0 aliphatic carbocycles. The highest BCUT2D eigenvalue weighted by molar-refractivity contribution is 6.86. The predicted molar refractivity (Wildman–Crippen MR) is 84.9 cm³/mol. The van der Waals surface area contributed by atoms with Crippen LogP contribution in [0.1, 0.15) is 0 Å². The first-order valence-electron chi connectivity index (χ1n) is 5.95. The maximum absolute atomic E-state index is 6.25. The van der Waals surface area contributed by atoms with Crippen LogP contribution in [-0.4, -0.2) is 45.4 Å². The number of hydrogen-bond donors (Lipinski definition) is 0. The van der Waals surface area contributed by atoms with Crippen molar-refractivity contribution >= 4 is 45.4 Å². The Labute approximate surface area is 109 Å². The van der Waals surface area contributed by atoms with Gasteiger partial charge in [-0.05, 0) is 51.5 Å².